The van der Waals surface area contributed by atoms with Gasteiger partial charge in [-0.1, -0.05) is 12.1 Å². The van der Waals surface area contributed by atoms with Crippen molar-refractivity contribution in [3.8, 4) is 6.07 Å². The molecular formula is C14H19N3O. The molecule has 2 N–H and O–H groups in total. The van der Waals surface area contributed by atoms with E-state index in [0.29, 0.717) is 5.56 Å². The van der Waals surface area contributed by atoms with Gasteiger partial charge in [-0.25, -0.2) is 0 Å². The number of rotatable bonds is 2. The summed E-state index contributed by atoms with van der Waals surface area (Å²) in [4.78, 5) is 2.13. The van der Waals surface area contributed by atoms with E-state index in [1.165, 1.54) is 0 Å². The van der Waals surface area contributed by atoms with Gasteiger partial charge >= 0.3 is 0 Å². The van der Waals surface area contributed by atoms with E-state index in [2.05, 4.69) is 30.1 Å². The van der Waals surface area contributed by atoms with Crippen LogP contribution in [0.15, 0.2) is 24.3 Å². The molecule has 96 valence electrons. The van der Waals surface area contributed by atoms with Crippen LogP contribution in [0.4, 0.5) is 5.69 Å². The predicted molar refractivity (Wildman–Crippen MR) is 71.5 cm³/mol. The fourth-order valence-electron chi connectivity index (χ4n) is 2.38. The van der Waals surface area contributed by atoms with E-state index in [9.17, 15) is 10.4 Å². The van der Waals surface area contributed by atoms with Crippen LogP contribution in [0.5, 0.6) is 0 Å². The highest BCUT2D eigenvalue weighted by molar-refractivity contribution is 5.60. The van der Waals surface area contributed by atoms with Crippen LogP contribution < -0.4 is 10.2 Å². The van der Waals surface area contributed by atoms with Gasteiger partial charge in [0, 0.05) is 18.6 Å². The van der Waals surface area contributed by atoms with Gasteiger partial charge in [0.2, 0.25) is 0 Å². The summed E-state index contributed by atoms with van der Waals surface area (Å²) in [5.41, 5.74) is 1.55. The number of anilines is 1. The van der Waals surface area contributed by atoms with Gasteiger partial charge in [-0.15, -0.1) is 0 Å². The lowest BCUT2D eigenvalue weighted by Crippen LogP contribution is -2.63. The maximum atomic E-state index is 9.49. The zero-order valence-electron chi connectivity index (χ0n) is 10.8. The number of piperazine rings is 1. The lowest BCUT2D eigenvalue weighted by Gasteiger charge is -2.45. The standard InChI is InChI=1S/C14H19N3O/c1-14(2)10-17(12(9-18)8-16-14)13-6-4-3-5-11(13)7-15/h3-6,12,16,18H,8-10H2,1-2H3. The minimum Gasteiger partial charge on any atom is -0.394 e. The number of aliphatic hydroxyl groups is 1. The number of hydrogen-bond acceptors (Lipinski definition) is 4. The summed E-state index contributed by atoms with van der Waals surface area (Å²) in [6, 6.07) is 9.80. The number of aliphatic hydroxyl groups excluding tert-OH is 1. The van der Waals surface area contributed by atoms with Crippen LogP contribution in [0, 0.1) is 11.3 Å². The van der Waals surface area contributed by atoms with Crippen molar-refractivity contribution in [1.82, 2.24) is 5.32 Å². The molecule has 1 aliphatic rings. The molecule has 1 aromatic rings. The van der Waals surface area contributed by atoms with Crippen molar-refractivity contribution < 1.29 is 5.11 Å². The Bertz CT molecular complexity index is 464. The van der Waals surface area contributed by atoms with Crippen LogP contribution in [0.1, 0.15) is 19.4 Å². The summed E-state index contributed by atoms with van der Waals surface area (Å²) >= 11 is 0. The van der Waals surface area contributed by atoms with Gasteiger partial charge in [-0.2, -0.15) is 5.26 Å². The molecule has 0 bridgehead atoms. The number of nitrogens with one attached hydrogen (secondary N) is 1. The highest BCUT2D eigenvalue weighted by Gasteiger charge is 2.33. The van der Waals surface area contributed by atoms with Crippen LogP contribution in [0.2, 0.25) is 0 Å². The summed E-state index contributed by atoms with van der Waals surface area (Å²) < 4.78 is 0. The van der Waals surface area contributed by atoms with Crippen LogP contribution >= 0.6 is 0 Å². The molecule has 1 unspecified atom stereocenters. The van der Waals surface area contributed by atoms with Crippen molar-refractivity contribution in [2.75, 3.05) is 24.6 Å². The second-order valence-electron chi connectivity index (χ2n) is 5.36. The Labute approximate surface area is 108 Å². The molecule has 0 aliphatic carbocycles. The molecule has 4 nitrogen and oxygen atoms in total. The van der Waals surface area contributed by atoms with E-state index in [1.807, 2.05) is 24.3 Å². The first-order valence-corrected chi connectivity index (χ1v) is 6.19. The van der Waals surface area contributed by atoms with Gasteiger partial charge in [-0.05, 0) is 26.0 Å². The average molecular weight is 245 g/mol. The van der Waals surface area contributed by atoms with E-state index in [4.69, 9.17) is 0 Å². The molecule has 4 heteroatoms. The summed E-state index contributed by atoms with van der Waals surface area (Å²) in [6.45, 7) is 5.84. The third-order valence-electron chi connectivity index (χ3n) is 3.37. The number of benzene rings is 1. The van der Waals surface area contributed by atoms with Gasteiger partial charge in [0.15, 0.2) is 0 Å². The van der Waals surface area contributed by atoms with E-state index in [-0.39, 0.29) is 18.2 Å². The second-order valence-corrected chi connectivity index (χ2v) is 5.36. The smallest absolute Gasteiger partial charge is 0.101 e. The largest absolute Gasteiger partial charge is 0.394 e. The van der Waals surface area contributed by atoms with Gasteiger partial charge in [0.25, 0.3) is 0 Å². The van der Waals surface area contributed by atoms with E-state index < -0.39 is 0 Å². The molecule has 1 aliphatic heterocycles. The molecule has 1 fully saturated rings. The van der Waals surface area contributed by atoms with Crippen LogP contribution in [0.3, 0.4) is 0 Å². The maximum absolute atomic E-state index is 9.49. The Morgan fingerprint density at radius 3 is 2.89 bits per heavy atom. The number of para-hydroxylation sites is 1. The Kier molecular flexibility index (Phi) is 3.55. The fraction of sp³-hybridized carbons (Fsp3) is 0.500. The minimum atomic E-state index is -0.0196. The zero-order valence-corrected chi connectivity index (χ0v) is 10.8. The van der Waals surface area contributed by atoms with E-state index in [1.54, 1.807) is 0 Å². The summed E-state index contributed by atoms with van der Waals surface area (Å²) in [7, 11) is 0. The molecular weight excluding hydrogens is 226 g/mol. The van der Waals surface area contributed by atoms with Gasteiger partial charge in [0.05, 0.1) is 23.9 Å². The highest BCUT2D eigenvalue weighted by Crippen LogP contribution is 2.26. The SMILES string of the molecule is CC1(C)CN(c2ccccc2C#N)C(CO)CN1. The summed E-state index contributed by atoms with van der Waals surface area (Å²) in [5.74, 6) is 0. The normalized spacial score (nSPS) is 22.6. The second kappa shape index (κ2) is 4.97. The monoisotopic (exact) mass is 245 g/mol. The summed E-state index contributed by atoms with van der Waals surface area (Å²) in [6.07, 6.45) is 0. The number of hydrogen-bond donors (Lipinski definition) is 2. The molecule has 18 heavy (non-hydrogen) atoms. The van der Waals surface area contributed by atoms with Crippen LogP contribution in [-0.2, 0) is 0 Å². The number of nitriles is 1. The molecule has 0 radical (unpaired) electrons. The van der Waals surface area contributed by atoms with Crippen LogP contribution in [-0.4, -0.2) is 36.4 Å². The van der Waals surface area contributed by atoms with Crippen molar-refractivity contribution in [3.63, 3.8) is 0 Å². The van der Waals surface area contributed by atoms with Gasteiger partial charge in [0.1, 0.15) is 6.07 Å². The average Bonchev–Trinajstić information content (AvgIpc) is 2.37. The quantitative estimate of drug-likeness (QED) is 0.819. The zero-order chi connectivity index (χ0) is 13.2. The van der Waals surface area contributed by atoms with Crippen LogP contribution in [0.25, 0.3) is 0 Å². The fourth-order valence-corrected chi connectivity index (χ4v) is 2.38. The Morgan fingerprint density at radius 1 is 1.50 bits per heavy atom. The van der Waals surface area contributed by atoms with Gasteiger partial charge < -0.3 is 15.3 Å². The van der Waals surface area contributed by atoms with Crippen molar-refractivity contribution >= 4 is 5.69 Å². The van der Waals surface area contributed by atoms with E-state index >= 15 is 0 Å². The van der Waals surface area contributed by atoms with E-state index in [0.717, 1.165) is 18.8 Å². The molecule has 1 saturated heterocycles. The number of nitrogens with zero attached hydrogens (tertiary/aromatic N) is 2. The van der Waals surface area contributed by atoms with Crippen molar-refractivity contribution in [3.05, 3.63) is 29.8 Å². The third kappa shape index (κ3) is 2.47. The first-order chi connectivity index (χ1) is 8.57. The first-order valence-electron chi connectivity index (χ1n) is 6.19. The molecule has 1 atom stereocenters. The molecule has 0 amide bonds. The minimum absolute atomic E-state index is 0.0196. The van der Waals surface area contributed by atoms with Crippen molar-refractivity contribution in [2.24, 2.45) is 0 Å². The summed E-state index contributed by atoms with van der Waals surface area (Å²) in [5, 5.41) is 22.1. The Morgan fingerprint density at radius 2 is 2.22 bits per heavy atom. The van der Waals surface area contributed by atoms with Crippen molar-refractivity contribution in [2.45, 2.75) is 25.4 Å². The topological polar surface area (TPSA) is 59.3 Å². The first kappa shape index (κ1) is 12.9. The molecule has 2 rings (SSSR count). The molecule has 1 aromatic carbocycles. The molecule has 0 aromatic heterocycles. The lowest BCUT2D eigenvalue weighted by molar-refractivity contribution is 0.215. The highest BCUT2D eigenvalue weighted by atomic mass is 16.3. The van der Waals surface area contributed by atoms with Gasteiger partial charge in [-0.3, -0.25) is 0 Å². The predicted octanol–water partition coefficient (Wildman–Crippen LogP) is 1.11. The Hall–Kier alpha value is -1.57. The molecule has 0 spiro atoms. The Balaban J connectivity index is 2.36. The lowest BCUT2D eigenvalue weighted by atomic mass is 9.97. The molecule has 1 heterocycles. The third-order valence-corrected chi connectivity index (χ3v) is 3.37. The van der Waals surface area contributed by atoms with Crippen molar-refractivity contribution in [1.29, 1.82) is 5.26 Å². The maximum Gasteiger partial charge on any atom is 0.101 e. The molecule has 0 saturated carbocycles.